The highest BCUT2D eigenvalue weighted by atomic mass is 35.5. The lowest BCUT2D eigenvalue weighted by atomic mass is 9.77. The molecule has 148 valence electrons. The number of hydrogen-bond acceptors (Lipinski definition) is 4. The molecule has 4 rings (SSSR count). The first-order valence-electron chi connectivity index (χ1n) is 9.78. The first kappa shape index (κ1) is 19.5. The molecule has 2 N–H and O–H groups in total. The molecule has 0 unspecified atom stereocenters. The number of carbonyl (C=O) groups is 1. The number of amides is 1. The van der Waals surface area contributed by atoms with Crippen molar-refractivity contribution in [3.63, 3.8) is 0 Å². The van der Waals surface area contributed by atoms with Crippen LogP contribution in [0.2, 0.25) is 10.0 Å². The molecule has 0 bridgehead atoms. The van der Waals surface area contributed by atoms with Gasteiger partial charge in [0.2, 0.25) is 5.95 Å². The zero-order valence-corrected chi connectivity index (χ0v) is 17.5. The molecule has 28 heavy (non-hydrogen) atoms. The average Bonchev–Trinajstić information content (AvgIpc) is 3.12. The Morgan fingerprint density at radius 3 is 2.43 bits per heavy atom. The van der Waals surface area contributed by atoms with E-state index < -0.39 is 5.91 Å². The van der Waals surface area contributed by atoms with Crippen LogP contribution in [0.4, 0.5) is 5.95 Å². The van der Waals surface area contributed by atoms with Gasteiger partial charge in [-0.05, 0) is 44.1 Å². The van der Waals surface area contributed by atoms with Gasteiger partial charge in [-0.25, -0.2) is 9.97 Å². The van der Waals surface area contributed by atoms with Crippen LogP contribution in [0.1, 0.15) is 54.7 Å². The first-order valence-corrected chi connectivity index (χ1v) is 10.5. The van der Waals surface area contributed by atoms with E-state index in [2.05, 4.69) is 9.88 Å². The summed E-state index contributed by atoms with van der Waals surface area (Å²) in [5.74, 6) is -0.0249. The average molecular weight is 419 g/mol. The summed E-state index contributed by atoms with van der Waals surface area (Å²) in [6.07, 6.45) is 7.67. The van der Waals surface area contributed by atoms with E-state index in [0.717, 1.165) is 25.9 Å². The van der Waals surface area contributed by atoms with E-state index in [4.69, 9.17) is 33.9 Å². The summed E-state index contributed by atoms with van der Waals surface area (Å²) in [5.41, 5.74) is 8.21. The van der Waals surface area contributed by atoms with Crippen LogP contribution in [0.5, 0.6) is 0 Å². The Morgan fingerprint density at radius 1 is 1.11 bits per heavy atom. The van der Waals surface area contributed by atoms with Gasteiger partial charge < -0.3 is 10.6 Å². The van der Waals surface area contributed by atoms with Gasteiger partial charge in [0.05, 0.1) is 15.7 Å². The van der Waals surface area contributed by atoms with Crippen molar-refractivity contribution in [3.05, 3.63) is 39.6 Å². The second-order valence-corrected chi connectivity index (χ2v) is 8.78. The van der Waals surface area contributed by atoms with Gasteiger partial charge in [-0.2, -0.15) is 0 Å². The Morgan fingerprint density at radius 2 is 1.79 bits per heavy atom. The van der Waals surface area contributed by atoms with Gasteiger partial charge in [-0.15, -0.1) is 0 Å². The smallest absolute Gasteiger partial charge is 0.268 e. The predicted molar refractivity (Wildman–Crippen MR) is 113 cm³/mol. The van der Waals surface area contributed by atoms with Crippen molar-refractivity contribution in [2.45, 2.75) is 45.4 Å². The largest absolute Gasteiger partial charge is 0.364 e. The molecule has 0 atom stereocenters. The lowest BCUT2D eigenvalue weighted by Gasteiger charge is -2.39. The minimum Gasteiger partial charge on any atom is -0.364 e. The van der Waals surface area contributed by atoms with Gasteiger partial charge in [-0.1, -0.05) is 48.2 Å². The van der Waals surface area contributed by atoms with Crippen molar-refractivity contribution < 1.29 is 4.79 Å². The number of primary amides is 1. The number of piperidine rings is 1. The van der Waals surface area contributed by atoms with Gasteiger partial charge >= 0.3 is 0 Å². The van der Waals surface area contributed by atoms with E-state index in [1.807, 2.05) is 6.92 Å². The summed E-state index contributed by atoms with van der Waals surface area (Å²) in [6.45, 7) is 3.68. The molecule has 2 heterocycles. The molecule has 2 aliphatic rings. The highest BCUT2D eigenvalue weighted by molar-refractivity contribution is 6.43. The fourth-order valence-corrected chi connectivity index (χ4v) is 5.10. The monoisotopic (exact) mass is 418 g/mol. The molecule has 1 aromatic carbocycles. The molecular formula is C21H24Cl2N4O. The van der Waals surface area contributed by atoms with Gasteiger partial charge in [0.25, 0.3) is 5.91 Å². The van der Waals surface area contributed by atoms with Crippen LogP contribution in [-0.4, -0.2) is 29.0 Å². The summed E-state index contributed by atoms with van der Waals surface area (Å²) in [4.78, 5) is 23.7. The number of anilines is 1. The van der Waals surface area contributed by atoms with Crippen LogP contribution in [0.15, 0.2) is 18.2 Å². The Bertz CT molecular complexity index is 915. The molecule has 1 aliphatic heterocycles. The maximum atomic E-state index is 12.2. The summed E-state index contributed by atoms with van der Waals surface area (Å²) >= 11 is 12.5. The summed E-state index contributed by atoms with van der Waals surface area (Å²) in [7, 11) is 0. The van der Waals surface area contributed by atoms with Crippen LogP contribution in [0, 0.1) is 12.3 Å². The molecule has 2 aromatic rings. The van der Waals surface area contributed by atoms with Crippen LogP contribution in [0.3, 0.4) is 0 Å². The van der Waals surface area contributed by atoms with Crippen molar-refractivity contribution in [1.29, 1.82) is 0 Å². The number of aryl methyl sites for hydroxylation is 1. The van der Waals surface area contributed by atoms with Crippen LogP contribution in [0.25, 0.3) is 11.1 Å². The fraction of sp³-hybridized carbons (Fsp3) is 0.476. The summed E-state index contributed by atoms with van der Waals surface area (Å²) in [5, 5.41) is 0.781. The Hall–Kier alpha value is -1.85. The quantitative estimate of drug-likeness (QED) is 0.759. The highest BCUT2D eigenvalue weighted by Gasteiger charge is 2.37. The number of nitrogens with two attached hydrogens (primary N) is 1. The number of benzene rings is 1. The molecule has 1 amide bonds. The molecular weight excluding hydrogens is 395 g/mol. The fourth-order valence-electron chi connectivity index (χ4n) is 4.70. The molecule has 0 radical (unpaired) electrons. The Kier molecular flexibility index (Phi) is 5.23. The van der Waals surface area contributed by atoms with E-state index in [9.17, 15) is 4.79 Å². The van der Waals surface area contributed by atoms with E-state index in [-0.39, 0.29) is 5.69 Å². The first-order chi connectivity index (χ1) is 13.4. The van der Waals surface area contributed by atoms with E-state index >= 15 is 0 Å². The van der Waals surface area contributed by atoms with Crippen LogP contribution >= 0.6 is 23.2 Å². The van der Waals surface area contributed by atoms with E-state index in [1.54, 1.807) is 18.2 Å². The Balaban J connectivity index is 1.70. The maximum Gasteiger partial charge on any atom is 0.268 e. The van der Waals surface area contributed by atoms with Gasteiger partial charge in [0.15, 0.2) is 0 Å². The molecule has 1 saturated heterocycles. The summed E-state index contributed by atoms with van der Waals surface area (Å²) in [6, 6.07) is 5.29. The standard InChI is InChI=1S/C21H24Cl2N4O/c1-13-16(14-5-4-6-15(22)17(14)23)18(19(24)28)26-20(25-13)27-11-9-21(10-12-27)7-2-3-8-21/h4-6H,2-3,7-12H2,1H3,(H2,24,28). The topological polar surface area (TPSA) is 72.1 Å². The van der Waals surface area contributed by atoms with E-state index in [1.165, 1.54) is 25.7 Å². The lowest BCUT2D eigenvalue weighted by Crippen LogP contribution is -2.40. The number of hydrogen-bond donors (Lipinski definition) is 1. The van der Waals surface area contributed by atoms with Crippen molar-refractivity contribution in [2.75, 3.05) is 18.0 Å². The molecule has 1 aliphatic carbocycles. The SMILES string of the molecule is Cc1nc(N2CCC3(CCCC3)CC2)nc(C(N)=O)c1-c1cccc(Cl)c1Cl. The third-order valence-corrected chi connectivity index (χ3v) is 7.12. The van der Waals surface area contributed by atoms with Crippen molar-refractivity contribution in [2.24, 2.45) is 11.1 Å². The van der Waals surface area contributed by atoms with Gasteiger partial charge in [0, 0.05) is 24.2 Å². The molecule has 2 fully saturated rings. The maximum absolute atomic E-state index is 12.2. The van der Waals surface area contributed by atoms with Crippen molar-refractivity contribution in [3.8, 4) is 11.1 Å². The molecule has 7 heteroatoms. The minimum absolute atomic E-state index is 0.188. The highest BCUT2D eigenvalue weighted by Crippen LogP contribution is 2.46. The predicted octanol–water partition coefficient (Wildman–Crippen LogP) is 5.02. The molecule has 1 aromatic heterocycles. The molecule has 5 nitrogen and oxygen atoms in total. The second-order valence-electron chi connectivity index (χ2n) is 7.99. The number of carbonyl (C=O) groups excluding carboxylic acids is 1. The third kappa shape index (κ3) is 3.46. The van der Waals surface area contributed by atoms with Crippen LogP contribution in [-0.2, 0) is 0 Å². The normalized spacial score (nSPS) is 18.6. The number of aromatic nitrogens is 2. The van der Waals surface area contributed by atoms with Crippen LogP contribution < -0.4 is 10.6 Å². The van der Waals surface area contributed by atoms with Crippen molar-refractivity contribution in [1.82, 2.24) is 9.97 Å². The number of rotatable bonds is 3. The zero-order chi connectivity index (χ0) is 19.9. The van der Waals surface area contributed by atoms with Crippen molar-refractivity contribution >= 4 is 35.1 Å². The Labute approximate surface area is 175 Å². The number of halogens is 2. The second kappa shape index (κ2) is 7.53. The van der Waals surface area contributed by atoms with Gasteiger partial charge in [-0.3, -0.25) is 4.79 Å². The summed E-state index contributed by atoms with van der Waals surface area (Å²) < 4.78 is 0. The van der Waals surface area contributed by atoms with E-state index in [0.29, 0.717) is 38.2 Å². The third-order valence-electron chi connectivity index (χ3n) is 6.30. The number of nitrogens with zero attached hydrogens (tertiary/aromatic N) is 3. The molecule has 1 spiro atoms. The van der Waals surface area contributed by atoms with Gasteiger partial charge in [0.1, 0.15) is 5.69 Å². The zero-order valence-electron chi connectivity index (χ0n) is 16.0. The minimum atomic E-state index is -0.595. The molecule has 1 saturated carbocycles. The lowest BCUT2D eigenvalue weighted by molar-refractivity contribution is 0.0996.